The highest BCUT2D eigenvalue weighted by Crippen LogP contribution is 2.48. The van der Waals surface area contributed by atoms with Crippen molar-refractivity contribution in [2.45, 2.75) is 56.6 Å². The van der Waals surface area contributed by atoms with Gasteiger partial charge in [-0.05, 0) is 13.0 Å². The number of hydrogen-bond donors (Lipinski definition) is 5. The minimum Gasteiger partial charge on any atom is -0.394 e. The third-order valence-corrected chi connectivity index (χ3v) is 6.87. The number of rotatable bonds is 8. The quantitative estimate of drug-likeness (QED) is 0.235. The van der Waals surface area contributed by atoms with Gasteiger partial charge in [-0.2, -0.15) is 4.98 Å². The Kier molecular flexibility index (Phi) is 7.59. The average Bonchev–Trinajstić information content (AvgIpc) is 3.37. The highest BCUT2D eigenvalue weighted by molar-refractivity contribution is 7.47. The molecule has 2 fully saturated rings. The van der Waals surface area contributed by atoms with Gasteiger partial charge in [0.1, 0.15) is 36.6 Å². The maximum atomic E-state index is 12.6. The predicted molar refractivity (Wildman–Crippen MR) is 120 cm³/mol. The van der Waals surface area contributed by atoms with E-state index in [0.29, 0.717) is 0 Å². The second kappa shape index (κ2) is 10.4. The Hall–Kier alpha value is -2.69. The second-order valence-corrected chi connectivity index (χ2v) is 9.81. The van der Waals surface area contributed by atoms with Gasteiger partial charge in [-0.15, -0.1) is 0 Å². The first kappa shape index (κ1) is 26.4. The molecule has 0 aromatic carbocycles. The molecule has 2 saturated heterocycles. The molecule has 0 aliphatic carbocycles. The predicted octanol–water partition coefficient (Wildman–Crippen LogP) is -1.89. The number of ether oxygens (including phenoxy) is 2. The van der Waals surface area contributed by atoms with Crippen LogP contribution in [0.4, 0.5) is 5.82 Å². The van der Waals surface area contributed by atoms with E-state index >= 15 is 0 Å². The van der Waals surface area contributed by atoms with E-state index in [1.807, 2.05) is 0 Å². The first-order valence-corrected chi connectivity index (χ1v) is 12.4. The van der Waals surface area contributed by atoms with Crippen molar-refractivity contribution in [1.82, 2.24) is 19.1 Å². The molecule has 0 saturated carbocycles. The van der Waals surface area contributed by atoms with Crippen LogP contribution in [0, 0.1) is 6.92 Å². The zero-order chi connectivity index (χ0) is 26.2. The molecular weight excluding hydrogens is 505 g/mol. The van der Waals surface area contributed by atoms with Gasteiger partial charge in [0.15, 0.2) is 0 Å². The number of anilines is 1. The van der Waals surface area contributed by atoms with Crippen molar-refractivity contribution >= 4 is 13.6 Å². The van der Waals surface area contributed by atoms with E-state index in [4.69, 9.17) is 24.3 Å². The lowest BCUT2D eigenvalue weighted by molar-refractivity contribution is -0.0575. The van der Waals surface area contributed by atoms with E-state index in [0.717, 1.165) is 9.13 Å². The number of hydrogen-bond acceptors (Lipinski definition) is 12. The molecule has 2 aromatic rings. The number of aryl methyl sites for hydroxylation is 1. The van der Waals surface area contributed by atoms with Gasteiger partial charge in [0.05, 0.1) is 19.3 Å². The minimum atomic E-state index is -4.75. The van der Waals surface area contributed by atoms with Gasteiger partial charge in [0.25, 0.3) is 5.56 Å². The Morgan fingerprint density at radius 2 is 1.92 bits per heavy atom. The lowest BCUT2D eigenvalue weighted by Gasteiger charge is -2.22. The number of aliphatic hydroxyl groups is 2. The van der Waals surface area contributed by atoms with Crippen LogP contribution in [-0.4, -0.2) is 71.8 Å². The van der Waals surface area contributed by atoms with Crippen molar-refractivity contribution in [3.8, 4) is 0 Å². The molecule has 0 spiro atoms. The Balaban J connectivity index is 1.37. The molecule has 2 aromatic heterocycles. The topological polar surface area (TPSA) is 230 Å². The zero-order valence-electron chi connectivity index (χ0n) is 19.0. The van der Waals surface area contributed by atoms with Crippen molar-refractivity contribution in [3.63, 3.8) is 0 Å². The summed E-state index contributed by atoms with van der Waals surface area (Å²) in [4.78, 5) is 51.6. The Morgan fingerprint density at radius 3 is 2.61 bits per heavy atom. The summed E-state index contributed by atoms with van der Waals surface area (Å²) in [6.45, 7) is 0.361. The molecule has 198 valence electrons. The number of aromatic nitrogens is 4. The van der Waals surface area contributed by atoms with Gasteiger partial charge < -0.3 is 30.3 Å². The van der Waals surface area contributed by atoms with Crippen LogP contribution in [0.25, 0.3) is 0 Å². The molecule has 4 rings (SSSR count). The molecule has 16 nitrogen and oxygen atoms in total. The summed E-state index contributed by atoms with van der Waals surface area (Å²) < 4.78 is 36.1. The summed E-state index contributed by atoms with van der Waals surface area (Å²) in [7, 11) is -4.75. The number of nitrogens with one attached hydrogen (secondary N) is 1. The summed E-state index contributed by atoms with van der Waals surface area (Å²) in [5.41, 5.74) is 3.73. The Labute approximate surface area is 202 Å². The number of phosphoric acid groups is 1. The third-order valence-electron chi connectivity index (χ3n) is 5.85. The van der Waals surface area contributed by atoms with Crippen LogP contribution in [0.15, 0.2) is 32.8 Å². The summed E-state index contributed by atoms with van der Waals surface area (Å²) in [5.74, 6) is 0.00753. The van der Waals surface area contributed by atoms with E-state index in [-0.39, 0.29) is 24.2 Å². The fourth-order valence-corrected chi connectivity index (χ4v) is 4.96. The maximum absolute atomic E-state index is 12.6. The van der Waals surface area contributed by atoms with Crippen molar-refractivity contribution < 1.29 is 38.2 Å². The number of phosphoric ester groups is 1. The lowest BCUT2D eigenvalue weighted by Crippen LogP contribution is -2.33. The van der Waals surface area contributed by atoms with Crippen LogP contribution in [0.1, 0.15) is 30.9 Å². The van der Waals surface area contributed by atoms with Crippen LogP contribution in [0.3, 0.4) is 0 Å². The number of H-pyrrole nitrogens is 1. The SMILES string of the molecule is Cc1cn([C@H]2C[C@H](O)[C@@H](COP(=O)(O)O[C@H]3C[C@H](n4ccc(N)nc4=O)O[C@@H]3CO)O2)c(=O)[nH]c1=O. The summed E-state index contributed by atoms with van der Waals surface area (Å²) in [6.07, 6.45) is -3.77. The number of nitrogen functional groups attached to an aromatic ring is 1. The van der Waals surface area contributed by atoms with Gasteiger partial charge in [0, 0.05) is 30.8 Å². The van der Waals surface area contributed by atoms with Crippen molar-refractivity contribution in [3.05, 3.63) is 55.3 Å². The van der Waals surface area contributed by atoms with Gasteiger partial charge in [-0.25, -0.2) is 14.2 Å². The maximum Gasteiger partial charge on any atom is 0.472 e. The molecular formula is C19H26N5O11P. The average molecular weight is 531 g/mol. The third kappa shape index (κ3) is 5.66. The molecule has 7 atom stereocenters. The first-order valence-electron chi connectivity index (χ1n) is 10.9. The minimum absolute atomic E-state index is 0.00753. The van der Waals surface area contributed by atoms with E-state index in [2.05, 4.69) is 9.97 Å². The fourth-order valence-electron chi connectivity index (χ4n) is 4.00. The number of aliphatic hydroxyl groups excluding tert-OH is 2. The van der Waals surface area contributed by atoms with Gasteiger partial charge in [-0.1, -0.05) is 0 Å². The highest BCUT2D eigenvalue weighted by Gasteiger charge is 2.43. The van der Waals surface area contributed by atoms with E-state index in [9.17, 15) is 34.1 Å². The fraction of sp³-hybridized carbons (Fsp3) is 0.579. The van der Waals surface area contributed by atoms with Crippen LogP contribution in [0.5, 0.6) is 0 Å². The van der Waals surface area contributed by atoms with Crippen LogP contribution >= 0.6 is 7.82 Å². The second-order valence-electron chi connectivity index (χ2n) is 8.41. The summed E-state index contributed by atoms with van der Waals surface area (Å²) in [5, 5.41) is 19.9. The molecule has 0 radical (unpaired) electrons. The Morgan fingerprint density at radius 1 is 1.22 bits per heavy atom. The van der Waals surface area contributed by atoms with Crippen molar-refractivity contribution in [2.75, 3.05) is 18.9 Å². The number of aromatic amines is 1. The molecule has 36 heavy (non-hydrogen) atoms. The monoisotopic (exact) mass is 531 g/mol. The smallest absolute Gasteiger partial charge is 0.394 e. The van der Waals surface area contributed by atoms with Gasteiger partial charge in [-0.3, -0.25) is 28.0 Å². The standard InChI is InChI=1S/C19H26N5O11P/c1-9-6-24(19(29)22-17(9)27)15-4-10(26)13(34-15)8-32-36(30,31)35-11-5-16(33-12(11)7-25)23-3-2-14(20)21-18(23)28/h2-3,6,10-13,15-16,25-26H,4-5,7-8H2,1H3,(H,30,31)(H2,20,21,28)(H,22,27,29)/t10-,11-,12+,13+,15+,16+/m0/s1. The van der Waals surface area contributed by atoms with Crippen molar-refractivity contribution in [2.24, 2.45) is 0 Å². The summed E-state index contributed by atoms with van der Waals surface area (Å²) in [6, 6.07) is 1.37. The first-order chi connectivity index (χ1) is 17.0. The van der Waals surface area contributed by atoms with Gasteiger partial charge in [0.2, 0.25) is 0 Å². The van der Waals surface area contributed by atoms with Crippen LogP contribution < -0.4 is 22.7 Å². The molecule has 4 heterocycles. The molecule has 0 amide bonds. The molecule has 2 aliphatic heterocycles. The lowest BCUT2D eigenvalue weighted by atomic mass is 10.2. The molecule has 2 aliphatic rings. The molecule has 0 bridgehead atoms. The van der Waals surface area contributed by atoms with Crippen LogP contribution in [-0.2, 0) is 23.1 Å². The highest BCUT2D eigenvalue weighted by atomic mass is 31.2. The molecule has 17 heteroatoms. The number of nitrogens with zero attached hydrogens (tertiary/aromatic N) is 3. The van der Waals surface area contributed by atoms with Gasteiger partial charge >= 0.3 is 19.2 Å². The Bertz CT molecular complexity index is 1330. The van der Waals surface area contributed by atoms with E-state index < -0.39 is 74.8 Å². The van der Waals surface area contributed by atoms with E-state index in [1.54, 1.807) is 0 Å². The molecule has 6 N–H and O–H groups in total. The normalized spacial score (nSPS) is 29.9. The zero-order valence-corrected chi connectivity index (χ0v) is 19.9. The van der Waals surface area contributed by atoms with Crippen molar-refractivity contribution in [1.29, 1.82) is 0 Å². The van der Waals surface area contributed by atoms with Crippen LogP contribution in [0.2, 0.25) is 0 Å². The number of nitrogens with two attached hydrogens (primary N) is 1. The summed E-state index contributed by atoms with van der Waals surface area (Å²) >= 11 is 0. The molecule has 1 unspecified atom stereocenters. The largest absolute Gasteiger partial charge is 0.472 e. The van der Waals surface area contributed by atoms with E-state index in [1.165, 1.54) is 25.4 Å².